The molecule has 0 saturated carbocycles. The second-order valence-corrected chi connectivity index (χ2v) is 5.44. The summed E-state index contributed by atoms with van der Waals surface area (Å²) in [5, 5.41) is 0. The summed E-state index contributed by atoms with van der Waals surface area (Å²) in [6.07, 6.45) is 0. The minimum Gasteiger partial charge on any atom is -0.383 e. The Balaban J connectivity index is 2.34. The van der Waals surface area contributed by atoms with Crippen molar-refractivity contribution in [2.75, 3.05) is 36.9 Å². The van der Waals surface area contributed by atoms with Crippen LogP contribution in [0.2, 0.25) is 0 Å². The number of nitrogen functional groups attached to an aromatic ring is 1. The van der Waals surface area contributed by atoms with Crippen LogP contribution in [0.3, 0.4) is 0 Å². The molecule has 2 heterocycles. The van der Waals surface area contributed by atoms with Gasteiger partial charge in [-0.05, 0) is 28.5 Å². The molecule has 0 atom stereocenters. The Morgan fingerprint density at radius 3 is 2.53 bits per heavy atom. The zero-order valence-corrected chi connectivity index (χ0v) is 12.3. The van der Waals surface area contributed by atoms with Crippen LogP contribution in [0.1, 0.15) is 25.5 Å². The summed E-state index contributed by atoms with van der Waals surface area (Å²) in [5.41, 5.74) is 6.98. The number of ether oxygens (including phenoxy) is 1. The van der Waals surface area contributed by atoms with Crippen LogP contribution in [-0.4, -0.2) is 36.3 Å². The van der Waals surface area contributed by atoms with E-state index in [4.69, 9.17) is 10.5 Å². The van der Waals surface area contributed by atoms with Crippen LogP contribution in [0.5, 0.6) is 0 Å². The van der Waals surface area contributed by atoms with E-state index in [1.165, 1.54) is 0 Å². The first-order chi connectivity index (χ1) is 8.09. The number of hydrogen-bond donors (Lipinski definition) is 1. The third-order valence-corrected chi connectivity index (χ3v) is 3.84. The summed E-state index contributed by atoms with van der Waals surface area (Å²) < 4.78 is 6.29. The van der Waals surface area contributed by atoms with Gasteiger partial charge in [-0.25, -0.2) is 4.98 Å². The van der Waals surface area contributed by atoms with Crippen molar-refractivity contribution in [1.82, 2.24) is 9.97 Å². The van der Waals surface area contributed by atoms with Crippen molar-refractivity contribution in [2.45, 2.75) is 19.8 Å². The number of rotatable bonds is 2. The molecule has 1 aromatic rings. The summed E-state index contributed by atoms with van der Waals surface area (Å²) in [5.74, 6) is 1.66. The highest BCUT2D eigenvalue weighted by Crippen LogP contribution is 2.25. The van der Waals surface area contributed by atoms with Gasteiger partial charge in [0.1, 0.15) is 5.82 Å². The van der Waals surface area contributed by atoms with Crippen molar-refractivity contribution in [2.24, 2.45) is 0 Å². The maximum absolute atomic E-state index is 5.95. The average molecular weight is 348 g/mol. The lowest BCUT2D eigenvalue weighted by Gasteiger charge is -2.27. The summed E-state index contributed by atoms with van der Waals surface area (Å²) in [4.78, 5) is 11.1. The Labute approximate surface area is 115 Å². The molecule has 0 spiro atoms. The largest absolute Gasteiger partial charge is 0.383 e. The number of aromatic nitrogens is 2. The van der Waals surface area contributed by atoms with Crippen LogP contribution >= 0.6 is 22.6 Å². The number of hydrogen-bond acceptors (Lipinski definition) is 5. The fraction of sp³-hybridized carbons (Fsp3) is 0.636. The van der Waals surface area contributed by atoms with Gasteiger partial charge in [0.25, 0.3) is 0 Å². The second-order valence-electron chi connectivity index (χ2n) is 4.36. The second kappa shape index (κ2) is 5.34. The monoisotopic (exact) mass is 348 g/mol. The lowest BCUT2D eigenvalue weighted by Crippen LogP contribution is -2.37. The molecule has 0 aliphatic carbocycles. The lowest BCUT2D eigenvalue weighted by molar-refractivity contribution is 0.122. The van der Waals surface area contributed by atoms with Crippen LogP contribution in [0.25, 0.3) is 0 Å². The van der Waals surface area contributed by atoms with E-state index in [0.29, 0.717) is 11.7 Å². The number of morpholine rings is 1. The van der Waals surface area contributed by atoms with Crippen molar-refractivity contribution in [3.63, 3.8) is 0 Å². The van der Waals surface area contributed by atoms with Gasteiger partial charge >= 0.3 is 0 Å². The molecule has 0 radical (unpaired) electrons. The van der Waals surface area contributed by atoms with Gasteiger partial charge < -0.3 is 15.4 Å². The molecule has 1 aliphatic heterocycles. The van der Waals surface area contributed by atoms with E-state index < -0.39 is 0 Å². The van der Waals surface area contributed by atoms with Crippen molar-refractivity contribution in [3.05, 3.63) is 9.26 Å². The van der Waals surface area contributed by atoms with E-state index in [2.05, 4.69) is 51.3 Å². The molecule has 2 N–H and O–H groups in total. The van der Waals surface area contributed by atoms with Crippen molar-refractivity contribution in [3.8, 4) is 0 Å². The molecular formula is C11H17IN4O. The summed E-state index contributed by atoms with van der Waals surface area (Å²) in [6.45, 7) is 7.35. The van der Waals surface area contributed by atoms with Crippen LogP contribution in [0.15, 0.2) is 0 Å². The molecule has 2 rings (SSSR count). The van der Waals surface area contributed by atoms with E-state index in [1.807, 2.05) is 0 Å². The molecule has 1 saturated heterocycles. The zero-order chi connectivity index (χ0) is 12.4. The lowest BCUT2D eigenvalue weighted by atomic mass is 10.1. The predicted molar refractivity (Wildman–Crippen MR) is 76.3 cm³/mol. The third-order valence-electron chi connectivity index (χ3n) is 2.73. The van der Waals surface area contributed by atoms with E-state index in [9.17, 15) is 0 Å². The van der Waals surface area contributed by atoms with E-state index in [0.717, 1.165) is 41.5 Å². The SMILES string of the molecule is CC(C)c1nc(N2CCOCC2)nc(N)c1I. The van der Waals surface area contributed by atoms with Crippen LogP contribution in [0, 0.1) is 3.57 Å². The van der Waals surface area contributed by atoms with Crippen molar-refractivity contribution in [1.29, 1.82) is 0 Å². The zero-order valence-electron chi connectivity index (χ0n) is 10.1. The molecule has 1 aliphatic rings. The topological polar surface area (TPSA) is 64.3 Å². The minimum absolute atomic E-state index is 0.354. The highest BCUT2D eigenvalue weighted by atomic mass is 127. The number of anilines is 2. The fourth-order valence-corrected chi connectivity index (χ4v) is 2.62. The first kappa shape index (κ1) is 12.8. The third kappa shape index (κ3) is 2.79. The molecule has 94 valence electrons. The standard InChI is InChI=1S/C11H17IN4O/c1-7(2)9-8(12)10(13)15-11(14-9)16-3-5-17-6-4-16/h7H,3-6H2,1-2H3,(H2,13,14,15). The number of halogens is 1. The summed E-state index contributed by atoms with van der Waals surface area (Å²) in [6, 6.07) is 0. The summed E-state index contributed by atoms with van der Waals surface area (Å²) >= 11 is 2.21. The van der Waals surface area contributed by atoms with E-state index >= 15 is 0 Å². The molecule has 0 bridgehead atoms. The molecule has 1 aromatic heterocycles. The van der Waals surface area contributed by atoms with Crippen LogP contribution < -0.4 is 10.6 Å². The Kier molecular flexibility index (Phi) is 4.03. The highest BCUT2D eigenvalue weighted by molar-refractivity contribution is 14.1. The van der Waals surface area contributed by atoms with Crippen LogP contribution in [-0.2, 0) is 4.74 Å². The molecule has 6 heteroatoms. The van der Waals surface area contributed by atoms with Gasteiger partial charge in [0.05, 0.1) is 22.5 Å². The fourth-order valence-electron chi connectivity index (χ4n) is 1.76. The number of nitrogens with two attached hydrogens (primary N) is 1. The van der Waals surface area contributed by atoms with Crippen molar-refractivity contribution < 1.29 is 4.74 Å². The number of nitrogens with zero attached hydrogens (tertiary/aromatic N) is 3. The summed E-state index contributed by atoms with van der Waals surface area (Å²) in [7, 11) is 0. The predicted octanol–water partition coefficient (Wildman–Crippen LogP) is 1.62. The van der Waals surface area contributed by atoms with Gasteiger partial charge in [-0.2, -0.15) is 4.98 Å². The molecule has 1 fully saturated rings. The van der Waals surface area contributed by atoms with Gasteiger partial charge in [0.2, 0.25) is 5.95 Å². The van der Waals surface area contributed by atoms with Gasteiger partial charge in [-0.1, -0.05) is 13.8 Å². The smallest absolute Gasteiger partial charge is 0.227 e. The molecular weight excluding hydrogens is 331 g/mol. The van der Waals surface area contributed by atoms with Crippen LogP contribution in [0.4, 0.5) is 11.8 Å². The molecule has 5 nitrogen and oxygen atoms in total. The molecule has 0 aromatic carbocycles. The Hall–Kier alpha value is -0.630. The Bertz CT molecular complexity index is 405. The first-order valence-electron chi connectivity index (χ1n) is 5.75. The van der Waals surface area contributed by atoms with Gasteiger partial charge in [-0.15, -0.1) is 0 Å². The Morgan fingerprint density at radius 1 is 1.29 bits per heavy atom. The molecule has 0 unspecified atom stereocenters. The van der Waals surface area contributed by atoms with Crippen molar-refractivity contribution >= 4 is 34.4 Å². The first-order valence-corrected chi connectivity index (χ1v) is 6.83. The van der Waals surface area contributed by atoms with Gasteiger partial charge in [0.15, 0.2) is 0 Å². The quantitative estimate of drug-likeness (QED) is 0.823. The minimum atomic E-state index is 0.354. The molecule has 17 heavy (non-hydrogen) atoms. The maximum atomic E-state index is 5.95. The molecule has 0 amide bonds. The van der Waals surface area contributed by atoms with Gasteiger partial charge in [-0.3, -0.25) is 0 Å². The highest BCUT2D eigenvalue weighted by Gasteiger charge is 2.18. The van der Waals surface area contributed by atoms with Gasteiger partial charge in [0, 0.05) is 13.1 Å². The average Bonchev–Trinajstić information content (AvgIpc) is 2.33. The maximum Gasteiger partial charge on any atom is 0.227 e. The van der Waals surface area contributed by atoms with E-state index in [1.54, 1.807) is 0 Å². The normalized spacial score (nSPS) is 16.6. The Morgan fingerprint density at radius 2 is 1.94 bits per heavy atom. The van der Waals surface area contributed by atoms with E-state index in [-0.39, 0.29) is 0 Å².